The highest BCUT2D eigenvalue weighted by Gasteiger charge is 2.47. The molecule has 2 aromatic carbocycles. The molecule has 0 radical (unpaired) electrons. The van der Waals surface area contributed by atoms with E-state index in [-0.39, 0.29) is 34.7 Å². The summed E-state index contributed by atoms with van der Waals surface area (Å²) in [7, 11) is 2.85. The largest absolute Gasteiger partial charge is 0.507 e. The fourth-order valence-electron chi connectivity index (χ4n) is 4.07. The number of benzene rings is 2. The number of pyridine rings is 1. The molecule has 1 fully saturated rings. The summed E-state index contributed by atoms with van der Waals surface area (Å²) in [6, 6.07) is 12.7. The van der Waals surface area contributed by atoms with Crippen molar-refractivity contribution in [2.24, 2.45) is 0 Å². The smallest absolute Gasteiger partial charge is 0.416 e. The average Bonchev–Trinajstić information content (AvgIpc) is 3.13. The maximum absolute atomic E-state index is 13.2. The molecule has 36 heavy (non-hydrogen) atoms. The number of ether oxygens (including phenoxy) is 2. The molecule has 1 aliphatic heterocycles. The minimum absolute atomic E-state index is 0.166. The number of methoxy groups -OCH3 is 2. The highest BCUT2D eigenvalue weighted by molar-refractivity contribution is 6.46. The number of likely N-dealkylation sites (tertiary alicyclic amines) is 1. The number of nitrogens with zero attached hydrogens (tertiary/aromatic N) is 2. The van der Waals surface area contributed by atoms with E-state index in [2.05, 4.69) is 4.98 Å². The van der Waals surface area contributed by atoms with E-state index in [1.54, 1.807) is 18.2 Å². The van der Waals surface area contributed by atoms with E-state index in [1.165, 1.54) is 50.7 Å². The van der Waals surface area contributed by atoms with Crippen molar-refractivity contribution in [3.63, 3.8) is 0 Å². The number of hydrogen-bond acceptors (Lipinski definition) is 6. The lowest BCUT2D eigenvalue weighted by Gasteiger charge is -2.25. The van der Waals surface area contributed by atoms with E-state index in [0.717, 1.165) is 17.0 Å². The molecule has 1 aromatic heterocycles. The van der Waals surface area contributed by atoms with Crippen LogP contribution in [0, 0.1) is 0 Å². The van der Waals surface area contributed by atoms with Crippen LogP contribution in [-0.2, 0) is 22.3 Å². The number of halogens is 3. The van der Waals surface area contributed by atoms with Crippen LogP contribution in [0.2, 0.25) is 0 Å². The van der Waals surface area contributed by atoms with Gasteiger partial charge < -0.3 is 19.5 Å². The summed E-state index contributed by atoms with van der Waals surface area (Å²) in [4.78, 5) is 31.6. The van der Waals surface area contributed by atoms with E-state index >= 15 is 0 Å². The van der Waals surface area contributed by atoms with Crippen LogP contribution in [0.5, 0.6) is 11.5 Å². The second-order valence-corrected chi connectivity index (χ2v) is 7.95. The Hall–Kier alpha value is -4.34. The number of aromatic nitrogens is 1. The van der Waals surface area contributed by atoms with Crippen LogP contribution in [0.3, 0.4) is 0 Å². The van der Waals surface area contributed by atoms with E-state index in [4.69, 9.17) is 9.47 Å². The zero-order valence-electron chi connectivity index (χ0n) is 19.2. The van der Waals surface area contributed by atoms with Gasteiger partial charge in [-0.25, -0.2) is 0 Å². The van der Waals surface area contributed by atoms with Crippen molar-refractivity contribution in [3.05, 3.63) is 94.8 Å². The van der Waals surface area contributed by atoms with E-state index in [9.17, 15) is 27.9 Å². The standard InChI is InChI=1S/C26H21F3N2O5/c1-35-19-10-9-16(13-20(19)36-2)23(32)21-22(18-8-3-4-11-30-18)31(25(34)24(21)33)14-15-6-5-7-17(12-15)26(27,28)29/h3-13,22,32H,14H2,1-2H3/b23-21+. The number of carbonyl (C=O) groups is 2. The van der Waals surface area contributed by atoms with Crippen molar-refractivity contribution >= 4 is 17.4 Å². The summed E-state index contributed by atoms with van der Waals surface area (Å²) in [5.41, 5.74) is -0.496. The van der Waals surface area contributed by atoms with Gasteiger partial charge >= 0.3 is 6.18 Å². The summed E-state index contributed by atoms with van der Waals surface area (Å²) in [6.07, 6.45) is -3.12. The third-order valence-electron chi connectivity index (χ3n) is 5.77. The van der Waals surface area contributed by atoms with Crippen LogP contribution in [0.4, 0.5) is 13.2 Å². The molecular weight excluding hydrogens is 477 g/mol. The minimum Gasteiger partial charge on any atom is -0.507 e. The normalized spacial score (nSPS) is 17.4. The first-order valence-corrected chi connectivity index (χ1v) is 10.7. The van der Waals surface area contributed by atoms with E-state index in [0.29, 0.717) is 5.75 Å². The van der Waals surface area contributed by atoms with Gasteiger partial charge in [0.05, 0.1) is 31.1 Å². The molecule has 4 rings (SSSR count). The first kappa shape index (κ1) is 24.8. The Bertz CT molecular complexity index is 1340. The van der Waals surface area contributed by atoms with Crippen LogP contribution in [-0.4, -0.2) is 40.9 Å². The second-order valence-electron chi connectivity index (χ2n) is 7.95. The summed E-state index contributed by atoms with van der Waals surface area (Å²) < 4.78 is 50.1. The fraction of sp³-hybridized carbons (Fsp3) is 0.192. The molecule has 7 nitrogen and oxygen atoms in total. The molecule has 10 heteroatoms. The van der Waals surface area contributed by atoms with Crippen LogP contribution in [0.1, 0.15) is 28.4 Å². The van der Waals surface area contributed by atoms with Crippen molar-refractivity contribution in [1.82, 2.24) is 9.88 Å². The number of hydrogen-bond donors (Lipinski definition) is 1. The number of alkyl halides is 3. The Morgan fingerprint density at radius 3 is 2.39 bits per heavy atom. The van der Waals surface area contributed by atoms with E-state index < -0.39 is 35.2 Å². The number of amides is 1. The zero-order chi connectivity index (χ0) is 26.0. The lowest BCUT2D eigenvalue weighted by Crippen LogP contribution is -2.29. The first-order chi connectivity index (χ1) is 17.2. The summed E-state index contributed by atoms with van der Waals surface area (Å²) in [5, 5.41) is 11.2. The molecular formula is C26H21F3N2O5. The lowest BCUT2D eigenvalue weighted by atomic mass is 9.98. The Balaban J connectivity index is 1.83. The molecule has 1 atom stereocenters. The molecule has 0 aliphatic carbocycles. The van der Waals surface area contributed by atoms with Gasteiger partial charge in [0.25, 0.3) is 11.7 Å². The SMILES string of the molecule is COc1ccc(/C(O)=C2\C(=O)C(=O)N(Cc3cccc(C(F)(F)F)c3)C2c2ccccn2)cc1OC. The van der Waals surface area contributed by atoms with Crippen molar-refractivity contribution < 1.29 is 37.3 Å². The Labute approximate surface area is 204 Å². The van der Waals surface area contributed by atoms with Gasteiger partial charge in [0.1, 0.15) is 11.8 Å². The minimum atomic E-state index is -4.57. The van der Waals surface area contributed by atoms with Gasteiger partial charge in [-0.2, -0.15) is 13.2 Å². The molecule has 0 spiro atoms. The Kier molecular flexibility index (Phi) is 6.69. The maximum atomic E-state index is 13.2. The molecule has 1 N–H and O–H groups in total. The predicted octanol–water partition coefficient (Wildman–Crippen LogP) is 4.74. The molecule has 1 amide bonds. The van der Waals surface area contributed by atoms with Gasteiger partial charge in [-0.05, 0) is 48.0 Å². The first-order valence-electron chi connectivity index (χ1n) is 10.7. The number of aliphatic hydroxyl groups excluding tert-OH is 1. The summed E-state index contributed by atoms with van der Waals surface area (Å²) in [5.74, 6) is -1.75. The quantitative estimate of drug-likeness (QED) is 0.300. The van der Waals surface area contributed by atoms with Gasteiger partial charge in [0.2, 0.25) is 0 Å². The van der Waals surface area contributed by atoms with Crippen LogP contribution in [0.25, 0.3) is 5.76 Å². The van der Waals surface area contributed by atoms with Crippen molar-refractivity contribution in [3.8, 4) is 11.5 Å². The number of Topliss-reactive ketones (excluding diaryl/α,β-unsaturated/α-hetero) is 1. The highest BCUT2D eigenvalue weighted by Crippen LogP contribution is 2.41. The molecule has 186 valence electrons. The number of aliphatic hydroxyl groups is 1. The molecule has 1 unspecified atom stereocenters. The topological polar surface area (TPSA) is 89.0 Å². The Morgan fingerprint density at radius 2 is 1.75 bits per heavy atom. The monoisotopic (exact) mass is 498 g/mol. The lowest BCUT2D eigenvalue weighted by molar-refractivity contribution is -0.140. The van der Waals surface area contributed by atoms with Gasteiger partial charge in [-0.1, -0.05) is 18.2 Å². The van der Waals surface area contributed by atoms with Gasteiger partial charge in [0.15, 0.2) is 11.5 Å². The molecule has 2 heterocycles. The van der Waals surface area contributed by atoms with Gasteiger partial charge in [-0.3, -0.25) is 14.6 Å². The predicted molar refractivity (Wildman–Crippen MR) is 123 cm³/mol. The number of carbonyl (C=O) groups excluding carboxylic acids is 2. The van der Waals surface area contributed by atoms with Crippen LogP contribution < -0.4 is 9.47 Å². The molecule has 1 aliphatic rings. The number of ketones is 1. The summed E-state index contributed by atoms with van der Waals surface area (Å²) in [6.45, 7) is -0.307. The average molecular weight is 498 g/mol. The third-order valence-corrected chi connectivity index (χ3v) is 5.77. The van der Waals surface area contributed by atoms with E-state index in [1.807, 2.05) is 0 Å². The number of rotatable bonds is 6. The third kappa shape index (κ3) is 4.61. The fourth-order valence-corrected chi connectivity index (χ4v) is 4.07. The highest BCUT2D eigenvalue weighted by atomic mass is 19.4. The van der Waals surface area contributed by atoms with Gasteiger partial charge in [0, 0.05) is 18.3 Å². The van der Waals surface area contributed by atoms with Crippen molar-refractivity contribution in [2.75, 3.05) is 14.2 Å². The van der Waals surface area contributed by atoms with Crippen molar-refractivity contribution in [2.45, 2.75) is 18.8 Å². The Morgan fingerprint density at radius 1 is 1.00 bits per heavy atom. The maximum Gasteiger partial charge on any atom is 0.416 e. The van der Waals surface area contributed by atoms with Crippen LogP contribution in [0.15, 0.2) is 72.4 Å². The molecule has 0 saturated carbocycles. The second kappa shape index (κ2) is 9.73. The zero-order valence-corrected chi connectivity index (χ0v) is 19.2. The summed E-state index contributed by atoms with van der Waals surface area (Å²) >= 11 is 0. The molecule has 1 saturated heterocycles. The van der Waals surface area contributed by atoms with Crippen molar-refractivity contribution in [1.29, 1.82) is 0 Å². The molecule has 0 bridgehead atoms. The molecule has 3 aromatic rings. The van der Waals surface area contributed by atoms with Gasteiger partial charge in [-0.15, -0.1) is 0 Å². The van der Waals surface area contributed by atoms with Crippen LogP contribution >= 0.6 is 0 Å².